The summed E-state index contributed by atoms with van der Waals surface area (Å²) in [5.41, 5.74) is 0.155. The number of nitrogens with one attached hydrogen (secondary N) is 3. The summed E-state index contributed by atoms with van der Waals surface area (Å²) in [5.74, 6) is -0.0517. The molecule has 2 aliphatic rings. The van der Waals surface area contributed by atoms with Crippen LogP contribution >= 0.6 is 11.6 Å². The Balaban J connectivity index is 1.75. The molecule has 3 N–H and O–H groups in total. The van der Waals surface area contributed by atoms with Crippen molar-refractivity contribution in [1.29, 1.82) is 0 Å². The molecule has 0 radical (unpaired) electrons. The molecular formula is C19H26ClN5O3. The topological polar surface area (TPSA) is 93.8 Å². The van der Waals surface area contributed by atoms with Gasteiger partial charge in [-0.15, -0.1) is 0 Å². The molecule has 0 bridgehead atoms. The van der Waals surface area contributed by atoms with Crippen molar-refractivity contribution >= 4 is 35.3 Å². The van der Waals surface area contributed by atoms with E-state index in [2.05, 4.69) is 16.0 Å². The van der Waals surface area contributed by atoms with Crippen LogP contribution in [0, 0.1) is 5.41 Å². The molecule has 1 atom stereocenters. The molecule has 152 valence electrons. The molecule has 0 aliphatic carbocycles. The van der Waals surface area contributed by atoms with Crippen LogP contribution in [-0.4, -0.2) is 66.5 Å². The van der Waals surface area contributed by atoms with E-state index in [4.69, 9.17) is 11.6 Å². The number of urea groups is 2. The molecule has 0 saturated carbocycles. The minimum atomic E-state index is -0.487. The van der Waals surface area contributed by atoms with Gasteiger partial charge in [-0.05, 0) is 38.1 Å². The zero-order valence-corrected chi connectivity index (χ0v) is 16.9. The SMILES string of the molecule is CC(C)NC(=O)N1CCN(C(=O)Nc2ccc(Cl)cc2)CC2(CNC(=O)C2)C1. The first kappa shape index (κ1) is 20.3. The van der Waals surface area contributed by atoms with Crippen molar-refractivity contribution in [1.82, 2.24) is 20.4 Å². The van der Waals surface area contributed by atoms with Crippen LogP contribution in [0.3, 0.4) is 0 Å². The van der Waals surface area contributed by atoms with Gasteiger partial charge in [0.2, 0.25) is 5.91 Å². The Labute approximate surface area is 169 Å². The zero-order chi connectivity index (χ0) is 20.3. The lowest BCUT2D eigenvalue weighted by Crippen LogP contribution is -2.49. The Bertz CT molecular complexity index is 754. The fraction of sp³-hybridized carbons (Fsp3) is 0.526. The number of anilines is 1. The van der Waals surface area contributed by atoms with E-state index in [1.165, 1.54) is 0 Å². The number of benzene rings is 1. The highest BCUT2D eigenvalue weighted by Crippen LogP contribution is 2.31. The second-order valence-corrected chi connectivity index (χ2v) is 8.27. The Morgan fingerprint density at radius 3 is 2.25 bits per heavy atom. The highest BCUT2D eigenvalue weighted by Gasteiger charge is 2.45. The van der Waals surface area contributed by atoms with Crippen molar-refractivity contribution in [3.63, 3.8) is 0 Å². The quantitative estimate of drug-likeness (QED) is 0.700. The highest BCUT2D eigenvalue weighted by atomic mass is 35.5. The van der Waals surface area contributed by atoms with Gasteiger partial charge in [0.15, 0.2) is 0 Å². The van der Waals surface area contributed by atoms with E-state index in [1.54, 1.807) is 34.1 Å². The van der Waals surface area contributed by atoms with Gasteiger partial charge >= 0.3 is 12.1 Å². The molecule has 9 heteroatoms. The predicted molar refractivity (Wildman–Crippen MR) is 107 cm³/mol. The molecule has 2 aliphatic heterocycles. The lowest BCUT2D eigenvalue weighted by Gasteiger charge is -2.32. The van der Waals surface area contributed by atoms with Crippen molar-refractivity contribution in [2.45, 2.75) is 26.3 Å². The van der Waals surface area contributed by atoms with Crippen molar-refractivity contribution in [2.75, 3.05) is 38.0 Å². The third-order valence-electron chi connectivity index (χ3n) is 4.97. The van der Waals surface area contributed by atoms with E-state index >= 15 is 0 Å². The summed E-state index contributed by atoms with van der Waals surface area (Å²) in [6, 6.07) is 6.46. The second-order valence-electron chi connectivity index (χ2n) is 7.84. The number of nitrogens with zero attached hydrogens (tertiary/aromatic N) is 2. The van der Waals surface area contributed by atoms with Gasteiger partial charge in [-0.3, -0.25) is 4.79 Å². The van der Waals surface area contributed by atoms with Crippen LogP contribution < -0.4 is 16.0 Å². The lowest BCUT2D eigenvalue weighted by atomic mass is 9.86. The Morgan fingerprint density at radius 2 is 1.71 bits per heavy atom. The molecule has 1 unspecified atom stereocenters. The molecule has 0 aromatic heterocycles. The molecule has 2 fully saturated rings. The number of halogens is 1. The fourth-order valence-electron chi connectivity index (χ4n) is 3.66. The van der Waals surface area contributed by atoms with E-state index in [1.807, 2.05) is 13.8 Å². The molecular weight excluding hydrogens is 382 g/mol. The summed E-state index contributed by atoms with van der Waals surface area (Å²) in [7, 11) is 0. The Morgan fingerprint density at radius 1 is 1.11 bits per heavy atom. The summed E-state index contributed by atoms with van der Waals surface area (Å²) in [5, 5.41) is 9.21. The number of carbonyl (C=O) groups is 3. The Kier molecular flexibility index (Phi) is 5.98. The summed E-state index contributed by atoms with van der Waals surface area (Å²) >= 11 is 5.89. The van der Waals surface area contributed by atoms with E-state index in [-0.39, 0.29) is 24.0 Å². The fourth-order valence-corrected chi connectivity index (χ4v) is 3.78. The maximum atomic E-state index is 12.8. The number of hydrogen-bond acceptors (Lipinski definition) is 3. The Hall–Kier alpha value is -2.48. The molecule has 1 aromatic rings. The summed E-state index contributed by atoms with van der Waals surface area (Å²) < 4.78 is 0. The van der Waals surface area contributed by atoms with Crippen molar-refractivity contribution in [2.24, 2.45) is 5.41 Å². The van der Waals surface area contributed by atoms with Gasteiger partial charge in [0, 0.05) is 61.3 Å². The van der Waals surface area contributed by atoms with Gasteiger partial charge in [0.1, 0.15) is 0 Å². The maximum absolute atomic E-state index is 12.8. The second kappa shape index (κ2) is 8.26. The average molecular weight is 408 g/mol. The van der Waals surface area contributed by atoms with E-state index < -0.39 is 5.41 Å². The molecule has 1 spiro atoms. The van der Waals surface area contributed by atoms with Gasteiger partial charge in [-0.1, -0.05) is 11.6 Å². The zero-order valence-electron chi connectivity index (χ0n) is 16.1. The van der Waals surface area contributed by atoms with E-state index in [0.717, 1.165) is 0 Å². The smallest absolute Gasteiger partial charge is 0.321 e. The number of hydrogen-bond donors (Lipinski definition) is 3. The van der Waals surface area contributed by atoms with Gasteiger partial charge < -0.3 is 25.8 Å². The minimum Gasteiger partial charge on any atom is -0.355 e. The lowest BCUT2D eigenvalue weighted by molar-refractivity contribution is -0.119. The summed E-state index contributed by atoms with van der Waals surface area (Å²) in [6.45, 7) is 5.87. The molecule has 3 rings (SSSR count). The van der Waals surface area contributed by atoms with Crippen LogP contribution in [0.2, 0.25) is 5.02 Å². The predicted octanol–water partition coefficient (Wildman–Crippen LogP) is 2.11. The minimum absolute atomic E-state index is 0.0133. The van der Waals surface area contributed by atoms with Gasteiger partial charge in [0.05, 0.1) is 0 Å². The number of amides is 5. The van der Waals surface area contributed by atoms with Crippen LogP contribution in [0.1, 0.15) is 20.3 Å². The van der Waals surface area contributed by atoms with Crippen LogP contribution in [-0.2, 0) is 4.79 Å². The summed E-state index contributed by atoms with van der Waals surface area (Å²) in [6.07, 6.45) is 0.295. The average Bonchev–Trinajstić information content (AvgIpc) is 2.87. The maximum Gasteiger partial charge on any atom is 0.321 e. The standard InChI is InChI=1S/C19H26ClN5O3/c1-13(2)22-17(27)24-7-8-25(12-19(11-24)9-16(26)21-10-19)18(28)23-15-5-3-14(20)4-6-15/h3-6,13H,7-12H2,1-2H3,(H,21,26)(H,22,27)(H,23,28). The third-order valence-corrected chi connectivity index (χ3v) is 5.22. The van der Waals surface area contributed by atoms with Crippen LogP contribution in [0.25, 0.3) is 0 Å². The van der Waals surface area contributed by atoms with Crippen LogP contribution in [0.4, 0.5) is 15.3 Å². The van der Waals surface area contributed by atoms with Crippen molar-refractivity contribution < 1.29 is 14.4 Å². The normalized spacial score (nSPS) is 22.2. The molecule has 28 heavy (non-hydrogen) atoms. The molecule has 1 aromatic carbocycles. The number of carbonyl (C=O) groups excluding carboxylic acids is 3. The largest absolute Gasteiger partial charge is 0.355 e. The van der Waals surface area contributed by atoms with E-state index in [0.29, 0.717) is 49.9 Å². The molecule has 2 saturated heterocycles. The van der Waals surface area contributed by atoms with Gasteiger partial charge in [-0.2, -0.15) is 0 Å². The number of rotatable bonds is 2. The van der Waals surface area contributed by atoms with Gasteiger partial charge in [0.25, 0.3) is 0 Å². The van der Waals surface area contributed by atoms with Gasteiger partial charge in [-0.25, -0.2) is 9.59 Å². The van der Waals surface area contributed by atoms with Crippen LogP contribution in [0.5, 0.6) is 0 Å². The molecule has 8 nitrogen and oxygen atoms in total. The first-order valence-corrected chi connectivity index (χ1v) is 9.78. The first-order valence-electron chi connectivity index (χ1n) is 9.40. The van der Waals surface area contributed by atoms with E-state index in [9.17, 15) is 14.4 Å². The third kappa shape index (κ3) is 4.86. The highest BCUT2D eigenvalue weighted by molar-refractivity contribution is 6.30. The first-order chi connectivity index (χ1) is 13.3. The monoisotopic (exact) mass is 407 g/mol. The molecule has 2 heterocycles. The van der Waals surface area contributed by atoms with Crippen molar-refractivity contribution in [3.05, 3.63) is 29.3 Å². The summed E-state index contributed by atoms with van der Waals surface area (Å²) in [4.78, 5) is 40.7. The molecule has 5 amide bonds. The van der Waals surface area contributed by atoms with Crippen molar-refractivity contribution in [3.8, 4) is 0 Å². The van der Waals surface area contributed by atoms with Crippen LogP contribution in [0.15, 0.2) is 24.3 Å².